The van der Waals surface area contributed by atoms with Crippen LogP contribution in [-0.2, 0) is 0 Å². The summed E-state index contributed by atoms with van der Waals surface area (Å²) in [7, 11) is 0. The third kappa shape index (κ3) is 1.34. The first-order chi connectivity index (χ1) is 7.89. The van der Waals surface area contributed by atoms with Gasteiger partial charge in [-0.25, -0.2) is 0 Å². The van der Waals surface area contributed by atoms with Crippen molar-refractivity contribution in [3.8, 4) is 0 Å². The Morgan fingerprint density at radius 2 is 2.12 bits per heavy atom. The van der Waals surface area contributed by atoms with E-state index >= 15 is 0 Å². The Hall–Kier alpha value is 0.530. The summed E-state index contributed by atoms with van der Waals surface area (Å²) in [5, 5.41) is 3.39. The lowest BCUT2D eigenvalue weighted by Crippen LogP contribution is -2.38. The normalized spacial score (nSPS) is 39.5. The highest BCUT2D eigenvalue weighted by molar-refractivity contribution is 8.21. The predicted octanol–water partition coefficient (Wildman–Crippen LogP) is 4.29. The maximum Gasteiger partial charge on any atom is 0.0827 e. The van der Waals surface area contributed by atoms with Crippen LogP contribution in [0.15, 0.2) is 22.6 Å². The number of allylic oxidation sites excluding steroid dienone is 2. The maximum atomic E-state index is 2.60. The summed E-state index contributed by atoms with van der Waals surface area (Å²) >= 11 is 6.61. The zero-order chi connectivity index (χ0) is 10.6. The van der Waals surface area contributed by atoms with Gasteiger partial charge in [-0.1, -0.05) is 11.6 Å². The van der Waals surface area contributed by atoms with Crippen LogP contribution in [0.2, 0.25) is 0 Å². The molecule has 0 amide bonds. The minimum atomic E-state index is 0.506. The van der Waals surface area contributed by atoms with Crippen molar-refractivity contribution in [2.75, 3.05) is 11.5 Å². The summed E-state index contributed by atoms with van der Waals surface area (Å²) in [4.78, 5) is 0. The fraction of sp³-hybridized carbons (Fsp3) is 0.692. The first-order valence-corrected chi connectivity index (χ1v) is 9.13. The first kappa shape index (κ1) is 10.5. The van der Waals surface area contributed by atoms with E-state index in [1.807, 2.05) is 5.57 Å². The van der Waals surface area contributed by atoms with Crippen LogP contribution in [0.3, 0.4) is 0 Å². The minimum absolute atomic E-state index is 0.506. The third-order valence-electron chi connectivity index (χ3n) is 4.25. The molecule has 4 rings (SSSR count). The lowest BCUT2D eigenvalue weighted by Gasteiger charge is -2.44. The van der Waals surface area contributed by atoms with Crippen molar-refractivity contribution in [3.63, 3.8) is 0 Å². The molecule has 2 fully saturated rings. The summed E-state index contributed by atoms with van der Waals surface area (Å²) in [6, 6.07) is 0. The standard InChI is InChI=1S/C13H16S3/c1-2-9-8-14-11-4-5-13(15-6-7-16-13)10(3-1)12(9)11/h3,8,11-12H,1-2,4-7H2. The molecule has 4 aliphatic rings. The fourth-order valence-electron chi connectivity index (χ4n) is 3.57. The second-order valence-electron chi connectivity index (χ2n) is 5.03. The molecule has 0 nitrogen and oxygen atoms in total. The van der Waals surface area contributed by atoms with Gasteiger partial charge in [-0.3, -0.25) is 0 Å². The number of hydrogen-bond acceptors (Lipinski definition) is 3. The van der Waals surface area contributed by atoms with E-state index in [1.54, 1.807) is 5.57 Å². The zero-order valence-electron chi connectivity index (χ0n) is 9.28. The molecule has 0 aromatic rings. The average molecular weight is 268 g/mol. The third-order valence-corrected chi connectivity index (χ3v) is 9.14. The number of hydrogen-bond donors (Lipinski definition) is 0. The Kier molecular flexibility index (Phi) is 2.46. The molecule has 1 saturated carbocycles. The second kappa shape index (κ2) is 3.76. The number of fused-ring (bicyclic) bond motifs is 1. The molecule has 3 heteroatoms. The fourth-order valence-corrected chi connectivity index (χ4v) is 8.35. The van der Waals surface area contributed by atoms with Crippen LogP contribution in [-0.4, -0.2) is 20.8 Å². The van der Waals surface area contributed by atoms with Crippen LogP contribution in [0, 0.1) is 5.92 Å². The lowest BCUT2D eigenvalue weighted by atomic mass is 9.74. The van der Waals surface area contributed by atoms with Crippen molar-refractivity contribution in [3.05, 3.63) is 22.6 Å². The number of rotatable bonds is 0. The molecule has 2 aliphatic carbocycles. The van der Waals surface area contributed by atoms with Gasteiger partial charge in [0.1, 0.15) is 0 Å². The highest BCUT2D eigenvalue weighted by Crippen LogP contribution is 2.63. The Balaban J connectivity index is 1.78. The molecule has 1 spiro atoms. The highest BCUT2D eigenvalue weighted by atomic mass is 32.2. The Bertz CT molecular complexity index is 377. The van der Waals surface area contributed by atoms with E-state index in [4.69, 9.17) is 0 Å². The van der Waals surface area contributed by atoms with E-state index in [0.717, 1.165) is 11.2 Å². The molecule has 16 heavy (non-hydrogen) atoms. The molecule has 1 saturated heterocycles. The van der Waals surface area contributed by atoms with Crippen LogP contribution in [0.5, 0.6) is 0 Å². The van der Waals surface area contributed by atoms with Crippen molar-refractivity contribution < 1.29 is 0 Å². The van der Waals surface area contributed by atoms with Crippen LogP contribution in [0.1, 0.15) is 25.7 Å². The second-order valence-corrected chi connectivity index (χ2v) is 9.19. The van der Waals surface area contributed by atoms with Gasteiger partial charge in [-0.15, -0.1) is 35.3 Å². The molecular weight excluding hydrogens is 252 g/mol. The Labute approximate surface area is 110 Å². The van der Waals surface area contributed by atoms with E-state index in [9.17, 15) is 0 Å². The predicted molar refractivity (Wildman–Crippen MR) is 77.2 cm³/mol. The lowest BCUT2D eigenvalue weighted by molar-refractivity contribution is 0.490. The van der Waals surface area contributed by atoms with Gasteiger partial charge in [0.2, 0.25) is 0 Å². The topological polar surface area (TPSA) is 0 Å². The largest absolute Gasteiger partial charge is 0.139 e. The van der Waals surface area contributed by atoms with Crippen LogP contribution in [0.4, 0.5) is 0 Å². The smallest absolute Gasteiger partial charge is 0.0827 e. The maximum absolute atomic E-state index is 2.60. The van der Waals surface area contributed by atoms with E-state index in [-0.39, 0.29) is 0 Å². The van der Waals surface area contributed by atoms with Gasteiger partial charge < -0.3 is 0 Å². The minimum Gasteiger partial charge on any atom is -0.139 e. The summed E-state index contributed by atoms with van der Waals surface area (Å²) in [5.74, 6) is 3.57. The number of thioether (sulfide) groups is 3. The molecule has 0 aromatic heterocycles. The molecule has 2 unspecified atom stereocenters. The molecule has 86 valence electrons. The summed E-state index contributed by atoms with van der Waals surface area (Å²) in [6.07, 6.45) is 8.10. The van der Waals surface area contributed by atoms with Gasteiger partial charge in [0, 0.05) is 22.7 Å². The van der Waals surface area contributed by atoms with Crippen LogP contribution >= 0.6 is 35.3 Å². The van der Waals surface area contributed by atoms with Crippen molar-refractivity contribution in [1.82, 2.24) is 0 Å². The molecule has 0 N–H and O–H groups in total. The van der Waals surface area contributed by atoms with Crippen molar-refractivity contribution in [1.29, 1.82) is 0 Å². The molecule has 0 bridgehead atoms. The monoisotopic (exact) mass is 268 g/mol. The van der Waals surface area contributed by atoms with Crippen LogP contribution in [0.25, 0.3) is 0 Å². The molecule has 0 radical (unpaired) electrons. The van der Waals surface area contributed by atoms with Gasteiger partial charge in [-0.05, 0) is 36.7 Å². The van der Waals surface area contributed by atoms with E-state index < -0.39 is 0 Å². The first-order valence-electron chi connectivity index (χ1n) is 6.22. The molecular formula is C13H16S3. The van der Waals surface area contributed by atoms with E-state index in [0.29, 0.717) is 4.08 Å². The van der Waals surface area contributed by atoms with Gasteiger partial charge in [0.15, 0.2) is 0 Å². The SMILES string of the molecule is C1=C2CCC=C3C2C(CCC32SCCS2)S1. The Morgan fingerprint density at radius 1 is 1.25 bits per heavy atom. The molecule has 2 aliphatic heterocycles. The van der Waals surface area contributed by atoms with Gasteiger partial charge >= 0.3 is 0 Å². The van der Waals surface area contributed by atoms with Crippen molar-refractivity contribution >= 4 is 35.3 Å². The van der Waals surface area contributed by atoms with E-state index in [2.05, 4.69) is 46.8 Å². The van der Waals surface area contributed by atoms with Gasteiger partial charge in [0.25, 0.3) is 0 Å². The van der Waals surface area contributed by atoms with Crippen molar-refractivity contribution in [2.45, 2.75) is 35.0 Å². The Morgan fingerprint density at radius 3 is 3.00 bits per heavy atom. The summed E-state index contributed by atoms with van der Waals surface area (Å²) < 4.78 is 0.506. The van der Waals surface area contributed by atoms with E-state index in [1.165, 1.54) is 37.2 Å². The zero-order valence-corrected chi connectivity index (χ0v) is 11.7. The molecule has 2 heterocycles. The summed E-state index contributed by atoms with van der Waals surface area (Å²) in [6.45, 7) is 0. The van der Waals surface area contributed by atoms with Gasteiger partial charge in [-0.2, -0.15) is 0 Å². The van der Waals surface area contributed by atoms with Gasteiger partial charge in [0.05, 0.1) is 4.08 Å². The quantitative estimate of drug-likeness (QED) is 0.601. The molecule has 0 aromatic carbocycles. The molecule has 2 atom stereocenters. The highest BCUT2D eigenvalue weighted by Gasteiger charge is 2.50. The average Bonchev–Trinajstić information content (AvgIpc) is 2.92. The van der Waals surface area contributed by atoms with Crippen LogP contribution < -0.4 is 0 Å². The summed E-state index contributed by atoms with van der Waals surface area (Å²) in [5.41, 5.74) is 3.58. The van der Waals surface area contributed by atoms with Crippen molar-refractivity contribution in [2.24, 2.45) is 5.92 Å².